The molecule has 0 aliphatic carbocycles. The maximum Gasteiger partial charge on any atom is 0.343 e. The summed E-state index contributed by atoms with van der Waals surface area (Å²) in [7, 11) is 0. The molecule has 0 spiro atoms. The largest absolute Gasteiger partial charge is 0.462 e. The number of aryl methyl sites for hydroxylation is 3. The van der Waals surface area contributed by atoms with E-state index in [1.165, 1.54) is 0 Å². The van der Waals surface area contributed by atoms with Crippen molar-refractivity contribution in [2.24, 2.45) is 0 Å². The molecular weight excluding hydrogens is 330 g/mol. The van der Waals surface area contributed by atoms with E-state index in [1.807, 2.05) is 13.0 Å². The number of rotatable bonds is 3. The third-order valence-corrected chi connectivity index (χ3v) is 5.42. The van der Waals surface area contributed by atoms with Crippen LogP contribution in [0.1, 0.15) is 55.0 Å². The minimum Gasteiger partial charge on any atom is -0.462 e. The maximum absolute atomic E-state index is 13.1. The van der Waals surface area contributed by atoms with Crippen LogP contribution in [0.15, 0.2) is 17.1 Å². The van der Waals surface area contributed by atoms with Crippen LogP contribution in [0.5, 0.6) is 0 Å². The van der Waals surface area contributed by atoms with Crippen LogP contribution in [0.25, 0.3) is 21.9 Å². The van der Waals surface area contributed by atoms with Crippen LogP contribution >= 0.6 is 0 Å². The molecule has 6 nitrogen and oxygen atoms in total. The molecule has 0 saturated heterocycles. The second-order valence-corrected chi connectivity index (χ2v) is 6.91. The summed E-state index contributed by atoms with van der Waals surface area (Å²) in [5.74, 6) is 0.389. The van der Waals surface area contributed by atoms with Gasteiger partial charge in [-0.05, 0) is 46.6 Å². The Hall–Kier alpha value is -2.63. The van der Waals surface area contributed by atoms with Crippen molar-refractivity contribution in [2.45, 2.75) is 53.1 Å². The first-order valence-corrected chi connectivity index (χ1v) is 9.22. The highest BCUT2D eigenvalue weighted by Crippen LogP contribution is 2.35. The van der Waals surface area contributed by atoms with Gasteiger partial charge in [-0.3, -0.25) is 4.79 Å². The van der Waals surface area contributed by atoms with Gasteiger partial charge in [0, 0.05) is 29.7 Å². The van der Waals surface area contributed by atoms with Crippen molar-refractivity contribution in [1.82, 2.24) is 14.1 Å². The second-order valence-electron chi connectivity index (χ2n) is 6.91. The van der Waals surface area contributed by atoms with Crippen molar-refractivity contribution in [2.75, 3.05) is 6.61 Å². The molecule has 1 atom stereocenters. The number of hydrogen-bond acceptors (Lipinski definition) is 4. The molecule has 3 aromatic rings. The van der Waals surface area contributed by atoms with Gasteiger partial charge in [0.15, 0.2) is 0 Å². The Bertz CT molecular complexity index is 1110. The van der Waals surface area contributed by atoms with Gasteiger partial charge in [-0.25, -0.2) is 9.78 Å². The molecule has 3 heterocycles. The van der Waals surface area contributed by atoms with Crippen LogP contribution in [0.2, 0.25) is 0 Å². The number of imidazole rings is 1. The summed E-state index contributed by atoms with van der Waals surface area (Å²) in [6.45, 7) is 8.95. The number of carbonyl (C=O) groups is 1. The van der Waals surface area contributed by atoms with Crippen molar-refractivity contribution in [3.05, 3.63) is 39.4 Å². The first kappa shape index (κ1) is 16.8. The molecule has 1 unspecified atom stereocenters. The fourth-order valence-electron chi connectivity index (χ4n) is 4.14. The number of nitrogens with zero attached hydrogens (tertiary/aromatic N) is 3. The summed E-state index contributed by atoms with van der Waals surface area (Å²) in [5, 5.41) is 0.583. The predicted octanol–water partition coefficient (Wildman–Crippen LogP) is 3.36. The zero-order valence-corrected chi connectivity index (χ0v) is 15.6. The number of aromatic nitrogens is 3. The molecule has 0 fully saturated rings. The predicted molar refractivity (Wildman–Crippen MR) is 101 cm³/mol. The van der Waals surface area contributed by atoms with Crippen molar-refractivity contribution in [3.63, 3.8) is 0 Å². The quantitative estimate of drug-likeness (QED) is 0.677. The first-order valence-electron chi connectivity index (χ1n) is 9.22. The van der Waals surface area contributed by atoms with E-state index in [2.05, 4.69) is 23.0 Å². The molecule has 6 heteroatoms. The van der Waals surface area contributed by atoms with E-state index in [1.54, 1.807) is 13.1 Å². The van der Waals surface area contributed by atoms with Crippen LogP contribution in [0.3, 0.4) is 0 Å². The van der Waals surface area contributed by atoms with Crippen molar-refractivity contribution < 1.29 is 9.53 Å². The van der Waals surface area contributed by atoms with Crippen LogP contribution in [-0.2, 0) is 17.7 Å². The summed E-state index contributed by atoms with van der Waals surface area (Å²) in [5.41, 5.74) is 3.81. The number of fused-ring (bicyclic) bond motifs is 2. The van der Waals surface area contributed by atoms with Gasteiger partial charge in [0.2, 0.25) is 5.43 Å². The number of benzene rings is 1. The summed E-state index contributed by atoms with van der Waals surface area (Å²) in [6, 6.07) is 2.11. The van der Waals surface area contributed by atoms with Gasteiger partial charge < -0.3 is 13.9 Å². The van der Waals surface area contributed by atoms with E-state index in [0.717, 1.165) is 47.3 Å². The summed E-state index contributed by atoms with van der Waals surface area (Å²) in [4.78, 5) is 30.2. The number of pyridine rings is 1. The third-order valence-electron chi connectivity index (χ3n) is 5.42. The number of carbonyl (C=O) groups excluding carboxylic acids is 1. The Balaban J connectivity index is 2.17. The molecule has 0 saturated carbocycles. The average molecular weight is 353 g/mol. The molecule has 0 amide bonds. The van der Waals surface area contributed by atoms with Crippen LogP contribution in [0.4, 0.5) is 0 Å². The molecule has 1 aliphatic rings. The zero-order chi connectivity index (χ0) is 18.6. The Labute approximate surface area is 151 Å². The standard InChI is InChI=1S/C20H23N3O3/c1-5-22-12(4)21-17-13-8-7-11(3)23-10-15(20(25)26-6-2)19(24)14(18(13)23)9-16(17)22/h9-11H,5-8H2,1-4H3. The summed E-state index contributed by atoms with van der Waals surface area (Å²) < 4.78 is 9.28. The van der Waals surface area contributed by atoms with E-state index in [-0.39, 0.29) is 23.6 Å². The zero-order valence-electron chi connectivity index (χ0n) is 15.6. The van der Waals surface area contributed by atoms with Crippen LogP contribution in [-0.4, -0.2) is 26.7 Å². The van der Waals surface area contributed by atoms with Crippen molar-refractivity contribution >= 4 is 27.9 Å². The third kappa shape index (κ3) is 2.21. The highest BCUT2D eigenvalue weighted by atomic mass is 16.5. The van der Waals surface area contributed by atoms with Crippen LogP contribution < -0.4 is 5.43 Å². The fraction of sp³-hybridized carbons (Fsp3) is 0.450. The van der Waals surface area contributed by atoms with Crippen LogP contribution in [0, 0.1) is 6.92 Å². The maximum atomic E-state index is 13.1. The fourth-order valence-corrected chi connectivity index (χ4v) is 4.14. The molecular formula is C20H23N3O3. The lowest BCUT2D eigenvalue weighted by molar-refractivity contribution is 0.0524. The monoisotopic (exact) mass is 353 g/mol. The van der Waals surface area contributed by atoms with Gasteiger partial charge in [-0.1, -0.05) is 0 Å². The van der Waals surface area contributed by atoms with E-state index in [0.29, 0.717) is 5.39 Å². The highest BCUT2D eigenvalue weighted by molar-refractivity contribution is 6.01. The molecule has 0 bridgehead atoms. The van der Waals surface area contributed by atoms with E-state index < -0.39 is 5.97 Å². The van der Waals surface area contributed by atoms with E-state index >= 15 is 0 Å². The van der Waals surface area contributed by atoms with E-state index in [4.69, 9.17) is 9.72 Å². The first-order chi connectivity index (χ1) is 12.5. The summed E-state index contributed by atoms with van der Waals surface area (Å²) in [6.07, 6.45) is 3.50. The Morgan fingerprint density at radius 2 is 2.15 bits per heavy atom. The second kappa shape index (κ2) is 5.97. The molecule has 1 aliphatic heterocycles. The lowest BCUT2D eigenvalue weighted by Gasteiger charge is -2.27. The SMILES string of the molecule is CCOC(=O)c1cn2c3c(c4nc(C)n(CC)c4cc3c1=O)CCC2C. The van der Waals surface area contributed by atoms with E-state index in [9.17, 15) is 9.59 Å². The van der Waals surface area contributed by atoms with Gasteiger partial charge in [-0.2, -0.15) is 0 Å². The Morgan fingerprint density at radius 1 is 1.38 bits per heavy atom. The highest BCUT2D eigenvalue weighted by Gasteiger charge is 2.26. The molecule has 26 heavy (non-hydrogen) atoms. The molecule has 2 aromatic heterocycles. The van der Waals surface area contributed by atoms with Gasteiger partial charge in [0.05, 0.1) is 23.2 Å². The number of ether oxygens (including phenoxy) is 1. The van der Waals surface area contributed by atoms with Crippen molar-refractivity contribution in [3.8, 4) is 0 Å². The van der Waals surface area contributed by atoms with Gasteiger partial charge in [0.1, 0.15) is 11.4 Å². The number of esters is 1. The van der Waals surface area contributed by atoms with Gasteiger partial charge >= 0.3 is 5.97 Å². The Kier molecular flexibility index (Phi) is 3.86. The molecule has 1 aromatic carbocycles. The minimum atomic E-state index is -0.553. The normalized spacial score (nSPS) is 16.4. The Morgan fingerprint density at radius 3 is 2.85 bits per heavy atom. The number of hydrogen-bond donors (Lipinski definition) is 0. The summed E-state index contributed by atoms with van der Waals surface area (Å²) >= 11 is 0. The molecule has 0 radical (unpaired) electrons. The van der Waals surface area contributed by atoms with Gasteiger partial charge in [-0.15, -0.1) is 0 Å². The molecule has 4 rings (SSSR count). The van der Waals surface area contributed by atoms with Gasteiger partial charge in [0.25, 0.3) is 0 Å². The lowest BCUT2D eigenvalue weighted by Crippen LogP contribution is -2.25. The lowest BCUT2D eigenvalue weighted by atomic mass is 9.94. The smallest absolute Gasteiger partial charge is 0.343 e. The molecule has 136 valence electrons. The molecule has 0 N–H and O–H groups in total. The van der Waals surface area contributed by atoms with Crippen molar-refractivity contribution in [1.29, 1.82) is 0 Å². The topological polar surface area (TPSA) is 66.1 Å². The minimum absolute atomic E-state index is 0.109. The average Bonchev–Trinajstić information content (AvgIpc) is 2.94.